The Kier molecular flexibility index (Phi) is 5.50. The maximum atomic E-state index is 11.9. The minimum absolute atomic E-state index is 0.000923. The molecule has 0 radical (unpaired) electrons. The molecule has 0 saturated carbocycles. The predicted octanol–water partition coefficient (Wildman–Crippen LogP) is 1.29. The van der Waals surface area contributed by atoms with Crippen molar-refractivity contribution in [1.82, 2.24) is 15.3 Å². The molecule has 0 aliphatic carbocycles. The van der Waals surface area contributed by atoms with Gasteiger partial charge in [-0.15, -0.1) is 0 Å². The molecule has 1 aromatic rings. The molecule has 0 bridgehead atoms. The fourth-order valence-corrected chi connectivity index (χ4v) is 2.23. The molecule has 6 heteroatoms. The van der Waals surface area contributed by atoms with E-state index in [0.717, 1.165) is 18.5 Å². The van der Waals surface area contributed by atoms with Gasteiger partial charge in [0.25, 0.3) is 5.56 Å². The number of H-pyrrole nitrogens is 1. The van der Waals surface area contributed by atoms with Crippen LogP contribution >= 0.6 is 0 Å². The maximum absolute atomic E-state index is 11.9. The summed E-state index contributed by atoms with van der Waals surface area (Å²) in [6.07, 6.45) is 3.12. The first-order valence-electron chi connectivity index (χ1n) is 7.55. The zero-order valence-electron chi connectivity index (χ0n) is 12.7. The van der Waals surface area contributed by atoms with Crippen molar-refractivity contribution in [1.29, 1.82) is 0 Å². The highest BCUT2D eigenvalue weighted by Gasteiger charge is 2.16. The van der Waals surface area contributed by atoms with Crippen molar-refractivity contribution in [2.75, 3.05) is 6.61 Å². The standard InChI is InChI=1S/C15H23N3O3/c1-3-10(2)4-5-14(19)16-8-13-17-12-6-7-21-9-11(12)15(20)18-13/h10H,3-9H2,1-2H3,(H,16,19)(H,17,18,20)/t10-/m0/s1. The number of rotatable bonds is 6. The highest BCUT2D eigenvalue weighted by atomic mass is 16.5. The molecule has 116 valence electrons. The van der Waals surface area contributed by atoms with E-state index in [-0.39, 0.29) is 18.0 Å². The first-order valence-corrected chi connectivity index (χ1v) is 7.55. The lowest BCUT2D eigenvalue weighted by Gasteiger charge is -2.15. The van der Waals surface area contributed by atoms with Crippen molar-refractivity contribution in [2.45, 2.75) is 52.7 Å². The minimum atomic E-state index is -0.163. The zero-order valence-corrected chi connectivity index (χ0v) is 12.7. The Hall–Kier alpha value is -1.69. The average Bonchev–Trinajstić information content (AvgIpc) is 2.50. The Morgan fingerprint density at radius 1 is 1.52 bits per heavy atom. The third-order valence-electron chi connectivity index (χ3n) is 3.89. The van der Waals surface area contributed by atoms with Crippen LogP contribution in [0.25, 0.3) is 0 Å². The molecular formula is C15H23N3O3. The van der Waals surface area contributed by atoms with Gasteiger partial charge in [0.15, 0.2) is 0 Å². The van der Waals surface area contributed by atoms with Gasteiger partial charge >= 0.3 is 0 Å². The van der Waals surface area contributed by atoms with Crippen molar-refractivity contribution in [3.8, 4) is 0 Å². The van der Waals surface area contributed by atoms with Gasteiger partial charge in [-0.25, -0.2) is 4.98 Å². The maximum Gasteiger partial charge on any atom is 0.256 e. The van der Waals surface area contributed by atoms with Crippen LogP contribution in [-0.2, 0) is 29.1 Å². The average molecular weight is 293 g/mol. The van der Waals surface area contributed by atoms with Gasteiger partial charge in [-0.3, -0.25) is 9.59 Å². The third kappa shape index (κ3) is 4.39. The van der Waals surface area contributed by atoms with Crippen molar-refractivity contribution < 1.29 is 9.53 Å². The van der Waals surface area contributed by atoms with E-state index >= 15 is 0 Å². The normalized spacial score (nSPS) is 15.3. The number of carbonyl (C=O) groups excluding carboxylic acids is 1. The van der Waals surface area contributed by atoms with Crippen LogP contribution in [0.3, 0.4) is 0 Å². The van der Waals surface area contributed by atoms with Crippen molar-refractivity contribution in [3.05, 3.63) is 27.4 Å². The second kappa shape index (κ2) is 7.36. The van der Waals surface area contributed by atoms with Crippen molar-refractivity contribution in [2.24, 2.45) is 5.92 Å². The molecular weight excluding hydrogens is 270 g/mol. The molecule has 0 unspecified atom stereocenters. The lowest BCUT2D eigenvalue weighted by atomic mass is 10.0. The number of ether oxygens (including phenoxy) is 1. The Balaban J connectivity index is 1.90. The monoisotopic (exact) mass is 293 g/mol. The number of aromatic nitrogens is 2. The molecule has 21 heavy (non-hydrogen) atoms. The number of carbonyl (C=O) groups is 1. The SMILES string of the molecule is CC[C@H](C)CCC(=O)NCc1nc2c(c(=O)[nH]1)COCC2. The summed E-state index contributed by atoms with van der Waals surface area (Å²) in [5.74, 6) is 1.06. The molecule has 1 aliphatic heterocycles. The molecule has 2 rings (SSSR count). The quantitative estimate of drug-likeness (QED) is 0.827. The summed E-state index contributed by atoms with van der Waals surface area (Å²) in [7, 11) is 0. The topological polar surface area (TPSA) is 84.1 Å². The first-order chi connectivity index (χ1) is 10.1. The zero-order chi connectivity index (χ0) is 15.2. The summed E-state index contributed by atoms with van der Waals surface area (Å²) in [5, 5.41) is 2.81. The van der Waals surface area contributed by atoms with E-state index in [9.17, 15) is 9.59 Å². The number of hydrogen-bond acceptors (Lipinski definition) is 4. The van der Waals surface area contributed by atoms with Crippen LogP contribution in [0.15, 0.2) is 4.79 Å². The number of hydrogen-bond donors (Lipinski definition) is 2. The molecule has 1 aliphatic rings. The largest absolute Gasteiger partial charge is 0.376 e. The van der Waals surface area contributed by atoms with Crippen molar-refractivity contribution >= 4 is 5.91 Å². The molecule has 2 N–H and O–H groups in total. The molecule has 1 amide bonds. The summed E-state index contributed by atoms with van der Waals surface area (Å²) in [6, 6.07) is 0. The second-order valence-corrected chi connectivity index (χ2v) is 5.57. The Labute approximate surface area is 124 Å². The summed E-state index contributed by atoms with van der Waals surface area (Å²) in [5.41, 5.74) is 1.23. The number of nitrogens with one attached hydrogen (secondary N) is 2. The lowest BCUT2D eigenvalue weighted by Crippen LogP contribution is -2.29. The van der Waals surface area contributed by atoms with E-state index in [1.54, 1.807) is 0 Å². The Morgan fingerprint density at radius 2 is 2.33 bits per heavy atom. The number of fused-ring (bicyclic) bond motifs is 1. The van der Waals surface area contributed by atoms with E-state index < -0.39 is 0 Å². The van der Waals surface area contributed by atoms with E-state index in [4.69, 9.17) is 4.74 Å². The summed E-state index contributed by atoms with van der Waals surface area (Å²) in [6.45, 7) is 5.43. The molecule has 0 aromatic carbocycles. The van der Waals surface area contributed by atoms with Crippen LogP contribution in [0.4, 0.5) is 0 Å². The van der Waals surface area contributed by atoms with Crippen LogP contribution in [0, 0.1) is 5.92 Å². The van der Waals surface area contributed by atoms with Gasteiger partial charge in [0.2, 0.25) is 5.91 Å². The molecule has 0 fully saturated rings. The Morgan fingerprint density at radius 3 is 3.10 bits per heavy atom. The van der Waals surface area contributed by atoms with Gasteiger partial charge in [0.05, 0.1) is 31.0 Å². The Bertz CT molecular complexity index is 554. The van der Waals surface area contributed by atoms with Gasteiger partial charge < -0.3 is 15.0 Å². The molecule has 2 heterocycles. The third-order valence-corrected chi connectivity index (χ3v) is 3.89. The van der Waals surface area contributed by atoms with Crippen LogP contribution in [0.5, 0.6) is 0 Å². The van der Waals surface area contributed by atoms with Crippen LogP contribution in [0.2, 0.25) is 0 Å². The fraction of sp³-hybridized carbons (Fsp3) is 0.667. The highest BCUT2D eigenvalue weighted by molar-refractivity contribution is 5.75. The summed E-state index contributed by atoms with van der Waals surface area (Å²) >= 11 is 0. The lowest BCUT2D eigenvalue weighted by molar-refractivity contribution is -0.121. The molecule has 6 nitrogen and oxygen atoms in total. The van der Waals surface area contributed by atoms with Crippen LogP contribution in [-0.4, -0.2) is 22.5 Å². The first kappa shape index (κ1) is 15.7. The smallest absolute Gasteiger partial charge is 0.256 e. The molecule has 1 atom stereocenters. The van der Waals surface area contributed by atoms with E-state index in [0.29, 0.717) is 43.4 Å². The van der Waals surface area contributed by atoms with Crippen LogP contribution in [0.1, 0.15) is 50.2 Å². The second-order valence-electron chi connectivity index (χ2n) is 5.57. The molecule has 0 saturated heterocycles. The molecule has 0 spiro atoms. The van der Waals surface area contributed by atoms with Gasteiger partial charge in [-0.2, -0.15) is 0 Å². The summed E-state index contributed by atoms with van der Waals surface area (Å²) in [4.78, 5) is 30.8. The highest BCUT2D eigenvalue weighted by Crippen LogP contribution is 2.10. The number of aromatic amines is 1. The van der Waals surface area contributed by atoms with Crippen molar-refractivity contribution in [3.63, 3.8) is 0 Å². The van der Waals surface area contributed by atoms with Gasteiger partial charge in [-0.05, 0) is 12.3 Å². The van der Waals surface area contributed by atoms with Gasteiger partial charge in [0, 0.05) is 12.8 Å². The van der Waals surface area contributed by atoms with E-state index in [1.165, 1.54) is 0 Å². The van der Waals surface area contributed by atoms with E-state index in [2.05, 4.69) is 29.1 Å². The van der Waals surface area contributed by atoms with Gasteiger partial charge in [0.1, 0.15) is 5.82 Å². The number of nitrogens with zero attached hydrogens (tertiary/aromatic N) is 1. The summed E-state index contributed by atoms with van der Waals surface area (Å²) < 4.78 is 5.25. The fourth-order valence-electron chi connectivity index (χ4n) is 2.23. The van der Waals surface area contributed by atoms with Crippen LogP contribution < -0.4 is 10.9 Å². The van der Waals surface area contributed by atoms with E-state index in [1.807, 2.05) is 0 Å². The predicted molar refractivity (Wildman–Crippen MR) is 78.8 cm³/mol. The number of amides is 1. The van der Waals surface area contributed by atoms with Gasteiger partial charge in [-0.1, -0.05) is 20.3 Å². The minimum Gasteiger partial charge on any atom is -0.376 e. The molecule has 1 aromatic heterocycles.